The van der Waals surface area contributed by atoms with Crippen LogP contribution >= 0.6 is 0 Å². The monoisotopic (exact) mass is 307 g/mol. The van der Waals surface area contributed by atoms with Gasteiger partial charge in [0.05, 0.1) is 0 Å². The smallest absolute Gasteiger partial charge is 0.0396 e. The van der Waals surface area contributed by atoms with Crippen LogP contribution in [0.4, 0.5) is 11.4 Å². The van der Waals surface area contributed by atoms with E-state index in [1.807, 2.05) is 0 Å². The first-order valence-electron chi connectivity index (χ1n) is 8.29. The molecule has 114 valence electrons. The van der Waals surface area contributed by atoms with E-state index >= 15 is 0 Å². The lowest BCUT2D eigenvalue weighted by molar-refractivity contribution is 1.46. The minimum atomic E-state index is 1.12. The van der Waals surface area contributed by atoms with E-state index < -0.39 is 0 Å². The molecule has 0 amide bonds. The summed E-state index contributed by atoms with van der Waals surface area (Å²) in [5.41, 5.74) is 3.52. The second-order valence-corrected chi connectivity index (χ2v) is 6.50. The molecule has 1 N–H and O–H groups in total. The second-order valence-electron chi connectivity index (χ2n) is 6.50. The SMILES string of the molecule is Cc1ccc(Nc2cc3ccc4cccc5ccc(c2)c3c45)cc1. The third kappa shape index (κ3) is 2.02. The van der Waals surface area contributed by atoms with Crippen molar-refractivity contribution in [1.82, 2.24) is 0 Å². The molecule has 5 rings (SSSR count). The van der Waals surface area contributed by atoms with Crippen molar-refractivity contribution in [2.24, 2.45) is 0 Å². The van der Waals surface area contributed by atoms with Gasteiger partial charge >= 0.3 is 0 Å². The largest absolute Gasteiger partial charge is 0.355 e. The Morgan fingerprint density at radius 2 is 1.08 bits per heavy atom. The molecule has 0 spiro atoms. The Labute approximate surface area is 140 Å². The summed E-state index contributed by atoms with van der Waals surface area (Å²) in [5.74, 6) is 0. The van der Waals surface area contributed by atoms with E-state index in [-0.39, 0.29) is 0 Å². The summed E-state index contributed by atoms with van der Waals surface area (Å²) in [5, 5.41) is 11.5. The normalized spacial score (nSPS) is 11.5. The highest BCUT2D eigenvalue weighted by Gasteiger charge is 2.09. The number of nitrogens with one attached hydrogen (secondary N) is 1. The maximum absolute atomic E-state index is 3.53. The van der Waals surface area contributed by atoms with Gasteiger partial charge in [-0.25, -0.2) is 0 Å². The maximum Gasteiger partial charge on any atom is 0.0396 e. The molecule has 0 bridgehead atoms. The van der Waals surface area contributed by atoms with Crippen molar-refractivity contribution in [3.63, 3.8) is 0 Å². The average Bonchev–Trinajstić information content (AvgIpc) is 2.61. The van der Waals surface area contributed by atoms with Gasteiger partial charge in [0.15, 0.2) is 0 Å². The molecule has 0 fully saturated rings. The zero-order chi connectivity index (χ0) is 16.1. The van der Waals surface area contributed by atoms with Crippen molar-refractivity contribution in [3.05, 3.63) is 84.4 Å². The van der Waals surface area contributed by atoms with Crippen LogP contribution in [0.1, 0.15) is 5.56 Å². The first-order valence-corrected chi connectivity index (χ1v) is 8.29. The van der Waals surface area contributed by atoms with Crippen LogP contribution in [-0.4, -0.2) is 0 Å². The highest BCUT2D eigenvalue weighted by molar-refractivity contribution is 6.23. The Kier molecular flexibility index (Phi) is 2.77. The van der Waals surface area contributed by atoms with E-state index in [4.69, 9.17) is 0 Å². The number of benzene rings is 5. The molecule has 0 aliphatic carbocycles. The molecule has 0 aliphatic rings. The Morgan fingerprint density at radius 1 is 0.542 bits per heavy atom. The van der Waals surface area contributed by atoms with Crippen LogP contribution in [0, 0.1) is 6.92 Å². The van der Waals surface area contributed by atoms with Crippen LogP contribution in [0.2, 0.25) is 0 Å². The fourth-order valence-corrected chi connectivity index (χ4v) is 3.63. The molecular weight excluding hydrogens is 290 g/mol. The molecule has 1 heteroatoms. The number of rotatable bonds is 2. The van der Waals surface area contributed by atoms with Gasteiger partial charge in [-0.05, 0) is 63.5 Å². The van der Waals surface area contributed by atoms with Crippen molar-refractivity contribution in [3.8, 4) is 0 Å². The third-order valence-electron chi connectivity index (χ3n) is 4.80. The van der Waals surface area contributed by atoms with E-state index in [9.17, 15) is 0 Å². The first-order chi connectivity index (χ1) is 11.8. The predicted molar refractivity (Wildman–Crippen MR) is 105 cm³/mol. The molecule has 1 nitrogen and oxygen atoms in total. The van der Waals surface area contributed by atoms with Gasteiger partial charge in [-0.3, -0.25) is 0 Å². The van der Waals surface area contributed by atoms with Gasteiger partial charge in [0, 0.05) is 11.4 Å². The lowest BCUT2D eigenvalue weighted by atomic mass is 9.94. The lowest BCUT2D eigenvalue weighted by Crippen LogP contribution is -1.91. The molecule has 0 saturated heterocycles. The quantitative estimate of drug-likeness (QED) is 0.361. The molecule has 24 heavy (non-hydrogen) atoms. The Hall–Kier alpha value is -3.06. The van der Waals surface area contributed by atoms with Crippen molar-refractivity contribution in [2.45, 2.75) is 6.92 Å². The highest BCUT2D eigenvalue weighted by Crippen LogP contribution is 2.36. The van der Waals surface area contributed by atoms with Crippen LogP contribution in [-0.2, 0) is 0 Å². The van der Waals surface area contributed by atoms with Gasteiger partial charge in [0.1, 0.15) is 0 Å². The molecule has 0 saturated carbocycles. The van der Waals surface area contributed by atoms with Crippen LogP contribution in [0.15, 0.2) is 78.9 Å². The standard InChI is InChI=1S/C23H17N/c1-15-5-11-20(12-6-15)24-21-13-18-9-7-16-3-2-4-17-8-10-19(14-21)23(18)22(16)17/h2-14,24H,1H3. The number of hydrogen-bond acceptors (Lipinski definition) is 1. The van der Waals surface area contributed by atoms with Gasteiger partial charge < -0.3 is 5.32 Å². The number of hydrogen-bond donors (Lipinski definition) is 1. The Balaban J connectivity index is 1.72. The molecule has 5 aromatic rings. The molecule has 0 aromatic heterocycles. The molecule has 0 radical (unpaired) electrons. The van der Waals surface area contributed by atoms with E-state index in [2.05, 4.69) is 91.1 Å². The predicted octanol–water partition coefficient (Wildman–Crippen LogP) is 6.64. The minimum absolute atomic E-state index is 1.12. The molecule has 0 unspecified atom stereocenters. The summed E-state index contributed by atoms with van der Waals surface area (Å²) in [4.78, 5) is 0. The number of anilines is 2. The fourth-order valence-electron chi connectivity index (χ4n) is 3.63. The topological polar surface area (TPSA) is 12.0 Å². The van der Waals surface area contributed by atoms with Gasteiger partial charge in [-0.1, -0.05) is 60.2 Å². The van der Waals surface area contributed by atoms with Crippen molar-refractivity contribution < 1.29 is 0 Å². The van der Waals surface area contributed by atoms with Crippen molar-refractivity contribution >= 4 is 43.7 Å². The Morgan fingerprint density at radius 3 is 1.71 bits per heavy atom. The van der Waals surface area contributed by atoms with Gasteiger partial charge in [0.25, 0.3) is 0 Å². The van der Waals surface area contributed by atoms with Crippen molar-refractivity contribution in [1.29, 1.82) is 0 Å². The fraction of sp³-hybridized carbons (Fsp3) is 0.0435. The minimum Gasteiger partial charge on any atom is -0.355 e. The van der Waals surface area contributed by atoms with Crippen LogP contribution < -0.4 is 5.32 Å². The van der Waals surface area contributed by atoms with Crippen LogP contribution in [0.25, 0.3) is 32.3 Å². The molecule has 5 aromatic carbocycles. The third-order valence-corrected chi connectivity index (χ3v) is 4.80. The first kappa shape index (κ1) is 13.4. The van der Waals surface area contributed by atoms with Crippen molar-refractivity contribution in [2.75, 3.05) is 5.32 Å². The second kappa shape index (κ2) is 4.97. The summed E-state index contributed by atoms with van der Waals surface area (Å²) < 4.78 is 0. The van der Waals surface area contributed by atoms with Gasteiger partial charge in [-0.15, -0.1) is 0 Å². The van der Waals surface area contributed by atoms with E-state index in [0.717, 1.165) is 11.4 Å². The van der Waals surface area contributed by atoms with Gasteiger partial charge in [0.2, 0.25) is 0 Å². The van der Waals surface area contributed by atoms with Crippen LogP contribution in [0.3, 0.4) is 0 Å². The zero-order valence-electron chi connectivity index (χ0n) is 13.5. The highest BCUT2D eigenvalue weighted by atomic mass is 14.9. The summed E-state index contributed by atoms with van der Waals surface area (Å²) in [6.07, 6.45) is 0. The maximum atomic E-state index is 3.53. The Bertz CT molecular complexity index is 1110. The lowest BCUT2D eigenvalue weighted by Gasteiger charge is -2.13. The number of aryl methyl sites for hydroxylation is 1. The molecular formula is C23H17N. The summed E-state index contributed by atoms with van der Waals surface area (Å²) in [6.45, 7) is 2.11. The summed E-state index contributed by atoms with van der Waals surface area (Å²) >= 11 is 0. The molecule has 0 heterocycles. The molecule has 0 aliphatic heterocycles. The summed E-state index contributed by atoms with van der Waals surface area (Å²) in [7, 11) is 0. The zero-order valence-corrected chi connectivity index (χ0v) is 13.5. The van der Waals surface area contributed by atoms with E-state index in [0.29, 0.717) is 0 Å². The molecule has 0 atom stereocenters. The van der Waals surface area contributed by atoms with E-state index in [1.54, 1.807) is 0 Å². The van der Waals surface area contributed by atoms with Crippen LogP contribution in [0.5, 0.6) is 0 Å². The average molecular weight is 307 g/mol. The van der Waals surface area contributed by atoms with Gasteiger partial charge in [-0.2, -0.15) is 0 Å². The summed E-state index contributed by atoms with van der Waals surface area (Å²) in [6, 6.07) is 28.4. The van der Waals surface area contributed by atoms with E-state index in [1.165, 1.54) is 37.9 Å².